The molecule has 1 saturated heterocycles. The second kappa shape index (κ2) is 7.69. The highest BCUT2D eigenvalue weighted by atomic mass is 35.5. The lowest BCUT2D eigenvalue weighted by Gasteiger charge is -2.32. The van der Waals surface area contributed by atoms with E-state index in [4.69, 9.17) is 24.6 Å². The highest BCUT2D eigenvalue weighted by molar-refractivity contribution is 6.30. The van der Waals surface area contributed by atoms with Crippen molar-refractivity contribution in [1.82, 2.24) is 4.90 Å². The number of hydrogen-bond donors (Lipinski definition) is 0. The molecule has 0 aliphatic carbocycles. The van der Waals surface area contributed by atoms with Crippen molar-refractivity contribution in [2.75, 3.05) is 20.1 Å². The molecule has 0 spiro atoms. The standard InChI is InChI=1S/C21H26ClNO/c1-21(17-7-4-3-5-8-17,18-10-12-19(22)13-11-18)24-16-14-20-9-6-15-23(20)2/h3-5,7-8,10-13,20H,6,9,14-16H2,1-2H3/t20-,21-/m0/s1/i1D3,2D3. The van der Waals surface area contributed by atoms with Crippen molar-refractivity contribution < 1.29 is 13.0 Å². The summed E-state index contributed by atoms with van der Waals surface area (Å²) in [4.78, 5) is 1.51. The third-order valence-electron chi connectivity index (χ3n) is 4.58. The zero-order chi connectivity index (χ0) is 22.0. The Balaban J connectivity index is 1.93. The normalized spacial score (nSPS) is 25.6. The van der Waals surface area contributed by atoms with E-state index in [2.05, 4.69) is 0 Å². The quantitative estimate of drug-likeness (QED) is 0.719. The fourth-order valence-electron chi connectivity index (χ4n) is 3.17. The molecule has 3 rings (SSSR count). The van der Waals surface area contributed by atoms with Gasteiger partial charge in [-0.3, -0.25) is 0 Å². The number of benzene rings is 2. The van der Waals surface area contributed by atoms with Gasteiger partial charge in [0.1, 0.15) is 5.60 Å². The zero-order valence-electron chi connectivity index (χ0n) is 19.5. The van der Waals surface area contributed by atoms with Crippen LogP contribution in [0.3, 0.4) is 0 Å². The van der Waals surface area contributed by atoms with Crippen LogP contribution in [0.1, 0.15) is 45.5 Å². The molecule has 2 aromatic rings. The van der Waals surface area contributed by atoms with Crippen LogP contribution < -0.4 is 0 Å². The Morgan fingerprint density at radius 3 is 2.62 bits per heavy atom. The van der Waals surface area contributed by atoms with Crippen molar-refractivity contribution in [3.8, 4) is 0 Å². The maximum absolute atomic E-state index is 8.37. The first-order valence-corrected chi connectivity index (χ1v) is 8.66. The molecular weight excluding hydrogens is 318 g/mol. The van der Waals surface area contributed by atoms with E-state index < -0.39 is 19.4 Å². The van der Waals surface area contributed by atoms with Crippen LogP contribution >= 0.6 is 11.6 Å². The molecule has 0 bridgehead atoms. The molecular formula is C21H26ClNO. The first kappa shape index (κ1) is 11.3. The Bertz CT molecular complexity index is 824. The molecule has 1 aliphatic rings. The van der Waals surface area contributed by atoms with Crippen LogP contribution in [0.25, 0.3) is 0 Å². The number of hydrogen-bond acceptors (Lipinski definition) is 2. The highest BCUT2D eigenvalue weighted by Gasteiger charge is 2.30. The molecule has 1 fully saturated rings. The largest absolute Gasteiger partial charge is 0.366 e. The summed E-state index contributed by atoms with van der Waals surface area (Å²) in [7, 11) is 0. The smallest absolute Gasteiger partial charge is 0.115 e. The van der Waals surface area contributed by atoms with E-state index in [1.54, 1.807) is 48.5 Å². The van der Waals surface area contributed by atoms with Crippen molar-refractivity contribution >= 4 is 11.6 Å². The lowest BCUT2D eigenvalue weighted by Crippen LogP contribution is -2.31. The summed E-state index contributed by atoms with van der Waals surface area (Å²) in [5.41, 5.74) is -0.675. The molecule has 128 valence electrons. The molecule has 2 atom stereocenters. The Morgan fingerprint density at radius 2 is 1.92 bits per heavy atom. The van der Waals surface area contributed by atoms with E-state index in [9.17, 15) is 0 Å². The topological polar surface area (TPSA) is 12.5 Å². The molecule has 1 aliphatic heterocycles. The van der Waals surface area contributed by atoms with Crippen LogP contribution in [0.5, 0.6) is 0 Å². The van der Waals surface area contributed by atoms with Gasteiger partial charge in [0.2, 0.25) is 0 Å². The Kier molecular flexibility index (Phi) is 3.62. The summed E-state index contributed by atoms with van der Waals surface area (Å²) < 4.78 is 54.5. The molecule has 3 heteroatoms. The number of nitrogens with zero attached hydrogens (tertiary/aromatic N) is 1. The maximum atomic E-state index is 8.37. The highest BCUT2D eigenvalue weighted by Crippen LogP contribution is 2.34. The summed E-state index contributed by atoms with van der Waals surface area (Å²) in [6, 6.07) is 15.4. The molecule has 0 N–H and O–H groups in total. The van der Waals surface area contributed by atoms with Crippen LogP contribution in [-0.4, -0.2) is 31.1 Å². The Hall–Kier alpha value is -1.35. The average molecular weight is 350 g/mol. The molecule has 0 saturated carbocycles. The first-order chi connectivity index (χ1) is 14.1. The molecule has 0 aromatic heterocycles. The number of halogens is 1. The molecule has 24 heavy (non-hydrogen) atoms. The number of likely N-dealkylation sites (tertiary alicyclic amines) is 1. The maximum Gasteiger partial charge on any atom is 0.115 e. The molecule has 2 aromatic carbocycles. The van der Waals surface area contributed by atoms with E-state index in [1.165, 1.54) is 4.90 Å². The van der Waals surface area contributed by atoms with E-state index >= 15 is 0 Å². The van der Waals surface area contributed by atoms with Crippen molar-refractivity contribution in [2.24, 2.45) is 0 Å². The van der Waals surface area contributed by atoms with E-state index in [0.717, 1.165) is 12.8 Å². The van der Waals surface area contributed by atoms with Gasteiger partial charge in [0.15, 0.2) is 0 Å². The van der Waals surface area contributed by atoms with Crippen LogP contribution in [0, 0.1) is 0 Å². The van der Waals surface area contributed by atoms with Gasteiger partial charge in [-0.2, -0.15) is 0 Å². The van der Waals surface area contributed by atoms with Crippen LogP contribution in [-0.2, 0) is 10.3 Å². The van der Waals surface area contributed by atoms with Gasteiger partial charge < -0.3 is 9.64 Å². The fraction of sp³-hybridized carbons (Fsp3) is 0.429. The molecule has 0 amide bonds. The second-order valence-electron chi connectivity index (χ2n) is 6.18. The Labute approximate surface area is 158 Å². The molecule has 0 radical (unpaired) electrons. The van der Waals surface area contributed by atoms with Crippen molar-refractivity contribution in [1.29, 1.82) is 0 Å². The first-order valence-electron chi connectivity index (χ1n) is 11.3. The minimum Gasteiger partial charge on any atom is -0.366 e. The van der Waals surface area contributed by atoms with Crippen molar-refractivity contribution in [2.45, 2.75) is 37.8 Å². The number of rotatable bonds is 6. The van der Waals surface area contributed by atoms with Gasteiger partial charge in [-0.05, 0) is 62.9 Å². The third kappa shape index (κ3) is 3.83. The average Bonchev–Trinajstić information content (AvgIpc) is 3.15. The molecule has 0 unspecified atom stereocenters. The zero-order valence-corrected chi connectivity index (χ0v) is 14.3. The van der Waals surface area contributed by atoms with Gasteiger partial charge in [-0.1, -0.05) is 54.1 Å². The fourth-order valence-corrected chi connectivity index (χ4v) is 3.30. The van der Waals surface area contributed by atoms with Gasteiger partial charge in [0.25, 0.3) is 0 Å². The minimum atomic E-state index is -2.50. The van der Waals surface area contributed by atoms with Gasteiger partial charge in [-0.25, -0.2) is 0 Å². The van der Waals surface area contributed by atoms with E-state index in [0.29, 0.717) is 29.1 Å². The van der Waals surface area contributed by atoms with Crippen LogP contribution in [0.15, 0.2) is 54.6 Å². The lowest BCUT2D eigenvalue weighted by molar-refractivity contribution is -0.0117. The van der Waals surface area contributed by atoms with Gasteiger partial charge in [0, 0.05) is 25.9 Å². The summed E-state index contributed by atoms with van der Waals surface area (Å²) in [5, 5.41) is 0.505. The van der Waals surface area contributed by atoms with Crippen molar-refractivity contribution in [3.05, 3.63) is 70.7 Å². The van der Waals surface area contributed by atoms with Crippen LogP contribution in [0.2, 0.25) is 5.02 Å². The summed E-state index contributed by atoms with van der Waals surface area (Å²) in [6.07, 6.45) is 2.01. The second-order valence-corrected chi connectivity index (χ2v) is 6.62. The Morgan fingerprint density at radius 1 is 1.17 bits per heavy atom. The number of ether oxygens (including phenoxy) is 1. The third-order valence-corrected chi connectivity index (χ3v) is 4.83. The van der Waals surface area contributed by atoms with Gasteiger partial charge >= 0.3 is 0 Å². The molecule has 1 heterocycles. The minimum absolute atomic E-state index is 0.118. The SMILES string of the molecule is [2H]C([2H])([2H])N1CCC[C@H]1CCO[C@@](c1ccccc1)(c1ccc(Cl)cc1)C([2H])([2H])[2H]. The van der Waals surface area contributed by atoms with Gasteiger partial charge in [-0.15, -0.1) is 0 Å². The predicted molar refractivity (Wildman–Crippen MR) is 101 cm³/mol. The lowest BCUT2D eigenvalue weighted by atomic mass is 9.88. The molecule has 2 nitrogen and oxygen atoms in total. The van der Waals surface area contributed by atoms with Crippen molar-refractivity contribution in [3.63, 3.8) is 0 Å². The predicted octanol–water partition coefficient (Wildman–Crippen LogP) is 5.10. The van der Waals surface area contributed by atoms with Gasteiger partial charge in [0.05, 0.1) is 0 Å². The monoisotopic (exact) mass is 349 g/mol. The van der Waals surface area contributed by atoms with E-state index in [-0.39, 0.29) is 12.6 Å². The summed E-state index contributed by atoms with van der Waals surface area (Å²) in [6.45, 7) is -4.02. The summed E-state index contributed by atoms with van der Waals surface area (Å²) >= 11 is 6.03. The summed E-state index contributed by atoms with van der Waals surface area (Å²) in [5.74, 6) is 0. The van der Waals surface area contributed by atoms with Crippen LogP contribution in [0.4, 0.5) is 0 Å². The van der Waals surface area contributed by atoms with E-state index in [1.807, 2.05) is 6.07 Å².